The van der Waals surface area contributed by atoms with Gasteiger partial charge in [0.1, 0.15) is 17.6 Å². The van der Waals surface area contributed by atoms with Crippen LogP contribution >= 0.6 is 0 Å². The molecule has 0 aliphatic carbocycles. The van der Waals surface area contributed by atoms with Crippen molar-refractivity contribution in [3.8, 4) is 0 Å². The Morgan fingerprint density at radius 2 is 2.19 bits per heavy atom. The van der Waals surface area contributed by atoms with Crippen LogP contribution in [0.4, 0.5) is 10.1 Å². The van der Waals surface area contributed by atoms with Crippen molar-refractivity contribution in [1.82, 2.24) is 4.98 Å². The topological polar surface area (TPSA) is 98.8 Å². The van der Waals surface area contributed by atoms with Gasteiger partial charge in [-0.3, -0.25) is 9.78 Å². The number of aromatic nitrogens is 1. The molecule has 2 aromatic rings. The number of amidine groups is 1. The van der Waals surface area contributed by atoms with Crippen molar-refractivity contribution in [3.63, 3.8) is 0 Å². The van der Waals surface area contributed by atoms with E-state index in [1.54, 1.807) is 31.2 Å². The highest BCUT2D eigenvalue weighted by Crippen LogP contribution is 2.43. The van der Waals surface area contributed by atoms with Crippen molar-refractivity contribution < 1.29 is 18.7 Å². The maximum absolute atomic E-state index is 14.7. The second-order valence-electron chi connectivity index (χ2n) is 6.76. The molecular formula is C19H19FN4O3. The Kier molecular flexibility index (Phi) is 4.27. The first kappa shape index (κ1) is 17.4. The van der Waals surface area contributed by atoms with Crippen LogP contribution in [0.3, 0.4) is 0 Å². The standard InChI is InChI=1S/C19H19FN4O3/c1-19(13-9-26-10-16(13)27-18(21)24-19)12-8-11(5-6-14(12)20)23-17(25)15-4-2-3-7-22-15/h2-8,13,16H,9-10H2,1H3,(H2,21,24)(H,23,25)/t13-,16+,19+/m0/s1. The summed E-state index contributed by atoms with van der Waals surface area (Å²) in [5, 5.41) is 2.74. The Morgan fingerprint density at radius 1 is 1.33 bits per heavy atom. The van der Waals surface area contributed by atoms with Gasteiger partial charge in [0.05, 0.1) is 24.7 Å². The lowest BCUT2D eigenvalue weighted by Crippen LogP contribution is -2.47. The van der Waals surface area contributed by atoms with Gasteiger partial charge in [-0.15, -0.1) is 0 Å². The number of hydrogen-bond acceptors (Lipinski definition) is 6. The van der Waals surface area contributed by atoms with Crippen molar-refractivity contribution in [1.29, 1.82) is 0 Å². The molecule has 8 heteroatoms. The minimum absolute atomic E-state index is 0.00609. The van der Waals surface area contributed by atoms with E-state index in [-0.39, 0.29) is 29.6 Å². The quantitative estimate of drug-likeness (QED) is 0.862. The van der Waals surface area contributed by atoms with Crippen LogP contribution in [0.15, 0.2) is 47.6 Å². The van der Waals surface area contributed by atoms with Gasteiger partial charge in [0.15, 0.2) is 0 Å². The molecule has 1 saturated heterocycles. The number of rotatable bonds is 3. The fourth-order valence-corrected chi connectivity index (χ4v) is 3.61. The average molecular weight is 370 g/mol. The zero-order chi connectivity index (χ0) is 19.0. The lowest BCUT2D eigenvalue weighted by Gasteiger charge is -2.38. The summed E-state index contributed by atoms with van der Waals surface area (Å²) in [6.07, 6.45) is 1.25. The van der Waals surface area contributed by atoms with Crippen LogP contribution in [0.1, 0.15) is 23.0 Å². The number of benzene rings is 1. The van der Waals surface area contributed by atoms with Crippen LogP contribution in [0.25, 0.3) is 0 Å². The Labute approximate surface area is 155 Å². The molecule has 1 amide bonds. The molecule has 1 aromatic carbocycles. The molecule has 7 nitrogen and oxygen atoms in total. The number of carbonyl (C=O) groups is 1. The van der Waals surface area contributed by atoms with Crippen LogP contribution in [-0.2, 0) is 15.0 Å². The minimum atomic E-state index is -0.959. The third kappa shape index (κ3) is 3.12. The molecule has 3 N–H and O–H groups in total. The summed E-state index contributed by atoms with van der Waals surface area (Å²) >= 11 is 0. The van der Waals surface area contributed by atoms with E-state index >= 15 is 0 Å². The molecule has 1 aromatic heterocycles. The van der Waals surface area contributed by atoms with E-state index in [0.717, 1.165) is 0 Å². The molecular weight excluding hydrogens is 351 g/mol. The highest BCUT2D eigenvalue weighted by atomic mass is 19.1. The van der Waals surface area contributed by atoms with Crippen molar-refractivity contribution >= 4 is 17.6 Å². The van der Waals surface area contributed by atoms with Crippen molar-refractivity contribution in [3.05, 3.63) is 59.7 Å². The molecule has 3 heterocycles. The number of pyridine rings is 1. The van der Waals surface area contributed by atoms with Crippen LogP contribution in [0.5, 0.6) is 0 Å². The summed E-state index contributed by atoms with van der Waals surface area (Å²) in [6, 6.07) is 9.43. The van der Waals surface area contributed by atoms with E-state index in [2.05, 4.69) is 15.3 Å². The number of nitrogens with zero attached hydrogens (tertiary/aromatic N) is 2. The predicted molar refractivity (Wildman–Crippen MR) is 96.7 cm³/mol. The molecule has 4 rings (SSSR count). The molecule has 27 heavy (non-hydrogen) atoms. The third-order valence-electron chi connectivity index (χ3n) is 5.03. The summed E-state index contributed by atoms with van der Waals surface area (Å²) in [4.78, 5) is 20.8. The second kappa shape index (κ2) is 6.62. The van der Waals surface area contributed by atoms with Crippen LogP contribution < -0.4 is 11.1 Å². The number of anilines is 1. The van der Waals surface area contributed by atoms with Crippen LogP contribution in [-0.4, -0.2) is 36.2 Å². The zero-order valence-corrected chi connectivity index (χ0v) is 14.7. The molecule has 0 unspecified atom stereocenters. The number of fused-ring (bicyclic) bond motifs is 1. The number of nitrogens with two attached hydrogens (primary N) is 1. The average Bonchev–Trinajstić information content (AvgIpc) is 3.13. The maximum atomic E-state index is 14.7. The highest BCUT2D eigenvalue weighted by Gasteiger charge is 2.50. The van der Waals surface area contributed by atoms with Crippen molar-refractivity contribution in [2.24, 2.45) is 16.6 Å². The monoisotopic (exact) mass is 370 g/mol. The maximum Gasteiger partial charge on any atom is 0.283 e. The second-order valence-corrected chi connectivity index (χ2v) is 6.76. The summed E-state index contributed by atoms with van der Waals surface area (Å²) in [5.41, 5.74) is 5.90. The van der Waals surface area contributed by atoms with E-state index in [4.69, 9.17) is 15.2 Å². The van der Waals surface area contributed by atoms with E-state index in [9.17, 15) is 9.18 Å². The van der Waals surface area contributed by atoms with Gasteiger partial charge in [-0.1, -0.05) is 6.07 Å². The van der Waals surface area contributed by atoms with Gasteiger partial charge in [0, 0.05) is 17.4 Å². The predicted octanol–water partition coefficient (Wildman–Crippen LogP) is 2.05. The smallest absolute Gasteiger partial charge is 0.283 e. The molecule has 0 saturated carbocycles. The zero-order valence-electron chi connectivity index (χ0n) is 14.7. The van der Waals surface area contributed by atoms with Crippen LogP contribution in [0.2, 0.25) is 0 Å². The Morgan fingerprint density at radius 3 is 2.96 bits per heavy atom. The van der Waals surface area contributed by atoms with Crippen LogP contribution in [0, 0.1) is 11.7 Å². The summed E-state index contributed by atoms with van der Waals surface area (Å²) < 4.78 is 25.7. The van der Waals surface area contributed by atoms with E-state index in [0.29, 0.717) is 24.5 Å². The first-order chi connectivity index (χ1) is 13.0. The number of ether oxygens (including phenoxy) is 2. The van der Waals surface area contributed by atoms with Gasteiger partial charge in [-0.2, -0.15) is 0 Å². The fourth-order valence-electron chi connectivity index (χ4n) is 3.61. The molecule has 2 aliphatic heterocycles. The van der Waals surface area contributed by atoms with Gasteiger partial charge in [-0.25, -0.2) is 9.38 Å². The molecule has 1 fully saturated rings. The van der Waals surface area contributed by atoms with Gasteiger partial charge in [0.25, 0.3) is 11.9 Å². The van der Waals surface area contributed by atoms with E-state index in [1.165, 1.54) is 18.3 Å². The number of halogens is 1. The van der Waals surface area contributed by atoms with Gasteiger partial charge in [0.2, 0.25) is 0 Å². The third-order valence-corrected chi connectivity index (χ3v) is 5.03. The number of carbonyl (C=O) groups excluding carboxylic acids is 1. The Balaban J connectivity index is 1.68. The van der Waals surface area contributed by atoms with Crippen molar-refractivity contribution in [2.75, 3.05) is 18.5 Å². The van der Waals surface area contributed by atoms with Gasteiger partial charge in [-0.05, 0) is 37.3 Å². The first-order valence-electron chi connectivity index (χ1n) is 8.59. The minimum Gasteiger partial charge on any atom is -0.459 e. The number of nitrogens with one attached hydrogen (secondary N) is 1. The van der Waals surface area contributed by atoms with E-state index < -0.39 is 11.4 Å². The Bertz CT molecular complexity index is 905. The number of hydrogen-bond donors (Lipinski definition) is 2. The van der Waals surface area contributed by atoms with Crippen molar-refractivity contribution in [2.45, 2.75) is 18.6 Å². The SMILES string of the molecule is C[C@]1(c2cc(NC(=O)c3ccccn3)ccc2F)N=C(N)O[C@@H]2COC[C@@H]21. The molecule has 140 valence electrons. The molecule has 0 bridgehead atoms. The van der Waals surface area contributed by atoms with Gasteiger partial charge >= 0.3 is 0 Å². The molecule has 0 radical (unpaired) electrons. The molecule has 2 aliphatic rings. The lowest BCUT2D eigenvalue weighted by atomic mass is 9.77. The summed E-state index contributed by atoms with van der Waals surface area (Å²) in [6.45, 7) is 2.58. The number of amides is 1. The largest absolute Gasteiger partial charge is 0.459 e. The first-order valence-corrected chi connectivity index (χ1v) is 8.59. The van der Waals surface area contributed by atoms with E-state index in [1.807, 2.05) is 0 Å². The lowest BCUT2D eigenvalue weighted by molar-refractivity contribution is 0.0817. The molecule has 0 spiro atoms. The summed E-state index contributed by atoms with van der Waals surface area (Å²) in [7, 11) is 0. The van der Waals surface area contributed by atoms with Gasteiger partial charge < -0.3 is 20.5 Å². The normalized spacial score (nSPS) is 26.7. The molecule has 3 atom stereocenters. The fraction of sp³-hybridized carbons (Fsp3) is 0.316. The highest BCUT2D eigenvalue weighted by molar-refractivity contribution is 6.02. The number of aliphatic imine (C=N–C) groups is 1. The summed E-state index contributed by atoms with van der Waals surface area (Å²) in [5.74, 6) is -0.992. The Hall–Kier alpha value is -3.00.